The quantitative estimate of drug-likeness (QED) is 0.710. The SMILES string of the molecule is Nc1cnccc1C1=CCCCO1. The number of allylic oxidation sites excluding steroid dienone is 1. The van der Waals surface area contributed by atoms with Crippen LogP contribution in [0.25, 0.3) is 5.76 Å². The summed E-state index contributed by atoms with van der Waals surface area (Å²) in [5.74, 6) is 0.895. The molecule has 0 saturated heterocycles. The molecule has 0 spiro atoms. The fourth-order valence-electron chi connectivity index (χ4n) is 1.38. The van der Waals surface area contributed by atoms with Crippen LogP contribution in [0.4, 0.5) is 5.69 Å². The van der Waals surface area contributed by atoms with Crippen LogP contribution >= 0.6 is 0 Å². The van der Waals surface area contributed by atoms with Crippen LogP contribution in [-0.4, -0.2) is 11.6 Å². The molecule has 1 aromatic heterocycles. The number of hydrogen-bond donors (Lipinski definition) is 1. The normalized spacial score (nSPS) is 16.2. The molecule has 0 radical (unpaired) electrons. The van der Waals surface area contributed by atoms with Crippen LogP contribution in [0.3, 0.4) is 0 Å². The summed E-state index contributed by atoms with van der Waals surface area (Å²) in [5, 5.41) is 0. The van der Waals surface area contributed by atoms with E-state index < -0.39 is 0 Å². The number of anilines is 1. The van der Waals surface area contributed by atoms with Crippen LogP contribution in [0, 0.1) is 0 Å². The number of nitrogens with two attached hydrogens (primary N) is 1. The third-order valence-electron chi connectivity index (χ3n) is 2.05. The molecule has 2 rings (SSSR count). The number of pyridine rings is 1. The highest BCUT2D eigenvalue weighted by Crippen LogP contribution is 2.24. The van der Waals surface area contributed by atoms with Crippen molar-refractivity contribution in [3.63, 3.8) is 0 Å². The molecule has 3 nitrogen and oxygen atoms in total. The van der Waals surface area contributed by atoms with Crippen molar-refractivity contribution in [2.45, 2.75) is 12.8 Å². The Bertz CT molecular complexity index is 333. The minimum absolute atomic E-state index is 0.677. The molecular weight excluding hydrogens is 164 g/mol. The van der Waals surface area contributed by atoms with Crippen molar-refractivity contribution in [1.82, 2.24) is 4.98 Å². The summed E-state index contributed by atoms with van der Waals surface area (Å²) in [6, 6.07) is 1.88. The fourth-order valence-corrected chi connectivity index (χ4v) is 1.38. The number of aromatic nitrogens is 1. The van der Waals surface area contributed by atoms with Gasteiger partial charge in [0, 0.05) is 11.8 Å². The average molecular weight is 176 g/mol. The summed E-state index contributed by atoms with van der Waals surface area (Å²) < 4.78 is 5.50. The van der Waals surface area contributed by atoms with Gasteiger partial charge < -0.3 is 10.5 Å². The molecule has 0 fully saturated rings. The molecule has 1 aliphatic rings. The smallest absolute Gasteiger partial charge is 0.124 e. The van der Waals surface area contributed by atoms with Gasteiger partial charge in [0.1, 0.15) is 5.76 Å². The van der Waals surface area contributed by atoms with Crippen molar-refractivity contribution in [3.8, 4) is 0 Å². The summed E-state index contributed by atoms with van der Waals surface area (Å²) in [5.41, 5.74) is 7.40. The maximum absolute atomic E-state index is 5.77. The Morgan fingerprint density at radius 3 is 3.08 bits per heavy atom. The number of ether oxygens (including phenoxy) is 1. The molecule has 0 unspecified atom stereocenters. The third-order valence-corrected chi connectivity index (χ3v) is 2.05. The van der Waals surface area contributed by atoms with Crippen molar-refractivity contribution < 1.29 is 4.74 Å². The Morgan fingerprint density at radius 2 is 2.38 bits per heavy atom. The minimum atomic E-state index is 0.677. The monoisotopic (exact) mass is 176 g/mol. The molecule has 13 heavy (non-hydrogen) atoms. The maximum atomic E-state index is 5.77. The van der Waals surface area contributed by atoms with Crippen molar-refractivity contribution in [2.24, 2.45) is 0 Å². The van der Waals surface area contributed by atoms with Crippen LogP contribution in [-0.2, 0) is 4.74 Å². The van der Waals surface area contributed by atoms with Crippen LogP contribution < -0.4 is 5.73 Å². The lowest BCUT2D eigenvalue weighted by Gasteiger charge is -2.15. The Morgan fingerprint density at radius 1 is 1.46 bits per heavy atom. The zero-order valence-corrected chi connectivity index (χ0v) is 7.36. The van der Waals surface area contributed by atoms with Gasteiger partial charge >= 0.3 is 0 Å². The third kappa shape index (κ3) is 1.64. The van der Waals surface area contributed by atoms with Gasteiger partial charge in [0.15, 0.2) is 0 Å². The summed E-state index contributed by atoms with van der Waals surface area (Å²) in [6.45, 7) is 0.785. The highest BCUT2D eigenvalue weighted by Gasteiger charge is 2.09. The second kappa shape index (κ2) is 3.47. The van der Waals surface area contributed by atoms with E-state index in [0.717, 1.165) is 30.8 Å². The first-order valence-corrected chi connectivity index (χ1v) is 4.41. The molecule has 68 valence electrons. The molecule has 0 aliphatic carbocycles. The Balaban J connectivity index is 2.34. The summed E-state index contributed by atoms with van der Waals surface area (Å²) >= 11 is 0. The van der Waals surface area contributed by atoms with Gasteiger partial charge in [-0.3, -0.25) is 4.98 Å². The highest BCUT2D eigenvalue weighted by molar-refractivity contribution is 5.70. The average Bonchev–Trinajstić information content (AvgIpc) is 2.20. The molecule has 0 aromatic carbocycles. The molecule has 0 amide bonds. The van der Waals surface area contributed by atoms with Gasteiger partial charge in [-0.05, 0) is 25.0 Å². The van der Waals surface area contributed by atoms with E-state index in [1.54, 1.807) is 12.4 Å². The van der Waals surface area contributed by atoms with Gasteiger partial charge in [-0.1, -0.05) is 0 Å². The molecule has 0 bridgehead atoms. The summed E-state index contributed by atoms with van der Waals surface area (Å²) in [7, 11) is 0. The lowest BCUT2D eigenvalue weighted by atomic mass is 10.1. The van der Waals surface area contributed by atoms with E-state index in [1.807, 2.05) is 6.07 Å². The summed E-state index contributed by atoms with van der Waals surface area (Å²) in [4.78, 5) is 3.93. The van der Waals surface area contributed by atoms with Gasteiger partial charge in [-0.15, -0.1) is 0 Å². The predicted octanol–water partition coefficient (Wildman–Crippen LogP) is 1.82. The van der Waals surface area contributed by atoms with E-state index in [2.05, 4.69) is 11.1 Å². The molecule has 0 saturated carbocycles. The van der Waals surface area contributed by atoms with Gasteiger partial charge in [0.25, 0.3) is 0 Å². The van der Waals surface area contributed by atoms with Crippen LogP contribution in [0.2, 0.25) is 0 Å². The van der Waals surface area contributed by atoms with E-state index in [1.165, 1.54) is 0 Å². The highest BCUT2D eigenvalue weighted by atomic mass is 16.5. The van der Waals surface area contributed by atoms with E-state index in [-0.39, 0.29) is 0 Å². The maximum Gasteiger partial charge on any atom is 0.124 e. The number of nitrogens with zero attached hydrogens (tertiary/aromatic N) is 1. The number of hydrogen-bond acceptors (Lipinski definition) is 3. The zero-order valence-electron chi connectivity index (χ0n) is 7.36. The van der Waals surface area contributed by atoms with Crippen molar-refractivity contribution in [1.29, 1.82) is 0 Å². The van der Waals surface area contributed by atoms with Crippen molar-refractivity contribution >= 4 is 11.4 Å². The van der Waals surface area contributed by atoms with E-state index >= 15 is 0 Å². The number of nitrogen functional groups attached to an aromatic ring is 1. The second-order valence-electron chi connectivity index (χ2n) is 3.02. The molecule has 2 N–H and O–H groups in total. The first kappa shape index (κ1) is 8.10. The van der Waals surface area contributed by atoms with Crippen molar-refractivity contribution in [2.75, 3.05) is 12.3 Å². The van der Waals surface area contributed by atoms with Gasteiger partial charge in [0.2, 0.25) is 0 Å². The fraction of sp³-hybridized carbons (Fsp3) is 0.300. The standard InChI is InChI=1S/C10H12N2O/c11-9-7-12-5-4-8(9)10-3-1-2-6-13-10/h3-5,7H,1-2,6,11H2. The topological polar surface area (TPSA) is 48.1 Å². The van der Waals surface area contributed by atoms with Crippen LogP contribution in [0.15, 0.2) is 24.5 Å². The van der Waals surface area contributed by atoms with E-state index in [4.69, 9.17) is 10.5 Å². The largest absolute Gasteiger partial charge is 0.493 e. The zero-order chi connectivity index (χ0) is 9.10. The number of rotatable bonds is 1. The van der Waals surface area contributed by atoms with Crippen LogP contribution in [0.5, 0.6) is 0 Å². The lowest BCUT2D eigenvalue weighted by molar-refractivity contribution is 0.259. The molecule has 1 aromatic rings. The van der Waals surface area contributed by atoms with Gasteiger partial charge in [-0.25, -0.2) is 0 Å². The Labute approximate surface area is 77.2 Å². The van der Waals surface area contributed by atoms with Crippen LogP contribution in [0.1, 0.15) is 18.4 Å². The minimum Gasteiger partial charge on any atom is -0.493 e. The summed E-state index contributed by atoms with van der Waals surface area (Å²) in [6.07, 6.45) is 7.61. The van der Waals surface area contributed by atoms with Crippen molar-refractivity contribution in [3.05, 3.63) is 30.1 Å². The second-order valence-corrected chi connectivity index (χ2v) is 3.02. The molecule has 0 atom stereocenters. The van der Waals surface area contributed by atoms with E-state index in [9.17, 15) is 0 Å². The molecule has 2 heterocycles. The first-order valence-electron chi connectivity index (χ1n) is 4.41. The molecular formula is C10H12N2O. The first-order chi connectivity index (χ1) is 6.38. The van der Waals surface area contributed by atoms with Gasteiger partial charge in [0.05, 0.1) is 18.5 Å². The predicted molar refractivity (Wildman–Crippen MR) is 51.8 cm³/mol. The molecule has 3 heteroatoms. The van der Waals surface area contributed by atoms with E-state index in [0.29, 0.717) is 5.69 Å². The molecule has 1 aliphatic heterocycles. The Hall–Kier alpha value is -1.51. The van der Waals surface area contributed by atoms with Gasteiger partial charge in [-0.2, -0.15) is 0 Å². The Kier molecular flexibility index (Phi) is 2.17. The lowest BCUT2D eigenvalue weighted by Crippen LogP contribution is -2.03.